The van der Waals surface area contributed by atoms with E-state index in [0.717, 1.165) is 6.42 Å². The topological polar surface area (TPSA) is 61.1 Å². The second-order valence-electron chi connectivity index (χ2n) is 3.37. The highest BCUT2D eigenvalue weighted by Gasteiger charge is 2.21. The van der Waals surface area contributed by atoms with Gasteiger partial charge in [-0.2, -0.15) is 5.26 Å². The Balaban J connectivity index is 2.69. The number of Topliss-reactive ketones (excluding diaryl/α,β-unsaturated/α-hetero) is 1. The van der Waals surface area contributed by atoms with Crippen molar-refractivity contribution in [3.05, 3.63) is 28.8 Å². The normalized spacial score (nSPS) is 14.6. The molecule has 0 bridgehead atoms. The van der Waals surface area contributed by atoms with E-state index in [9.17, 15) is 9.90 Å². The average molecular weight is 187 g/mol. The molecule has 1 aliphatic carbocycles. The molecule has 0 aromatic heterocycles. The molecule has 0 atom stereocenters. The van der Waals surface area contributed by atoms with Crippen molar-refractivity contribution in [1.82, 2.24) is 0 Å². The van der Waals surface area contributed by atoms with Gasteiger partial charge in [-0.3, -0.25) is 4.79 Å². The number of benzene rings is 1. The number of hydrogen-bond acceptors (Lipinski definition) is 3. The van der Waals surface area contributed by atoms with Crippen molar-refractivity contribution < 1.29 is 9.90 Å². The van der Waals surface area contributed by atoms with Crippen LogP contribution in [-0.2, 0) is 6.42 Å². The molecule has 0 saturated heterocycles. The second-order valence-corrected chi connectivity index (χ2v) is 3.37. The fourth-order valence-corrected chi connectivity index (χ4v) is 1.84. The molecule has 1 aromatic carbocycles. The van der Waals surface area contributed by atoms with Crippen molar-refractivity contribution in [3.8, 4) is 11.8 Å². The maximum Gasteiger partial charge on any atom is 0.163 e. The largest absolute Gasteiger partial charge is 0.507 e. The fourth-order valence-electron chi connectivity index (χ4n) is 1.84. The lowest BCUT2D eigenvalue weighted by Gasteiger charge is -2.15. The van der Waals surface area contributed by atoms with Crippen molar-refractivity contribution in [1.29, 1.82) is 5.26 Å². The van der Waals surface area contributed by atoms with Crippen LogP contribution in [0.25, 0.3) is 0 Å². The number of phenolic OH excluding ortho intramolecular Hbond substituents is 1. The third-order valence-electron chi connectivity index (χ3n) is 2.53. The van der Waals surface area contributed by atoms with Crippen molar-refractivity contribution in [2.45, 2.75) is 19.3 Å². The SMILES string of the molecule is N#Cc1c(O)ccc2c1CCCC2=O. The summed E-state index contributed by atoms with van der Waals surface area (Å²) in [5.41, 5.74) is 1.57. The highest BCUT2D eigenvalue weighted by atomic mass is 16.3. The van der Waals surface area contributed by atoms with E-state index in [2.05, 4.69) is 0 Å². The Hall–Kier alpha value is -1.82. The van der Waals surface area contributed by atoms with E-state index in [1.165, 1.54) is 6.07 Å². The Morgan fingerprint density at radius 2 is 2.14 bits per heavy atom. The predicted molar refractivity (Wildman–Crippen MR) is 50.1 cm³/mol. The molecular formula is C11H9NO2. The monoisotopic (exact) mass is 187 g/mol. The summed E-state index contributed by atoms with van der Waals surface area (Å²) in [6.07, 6.45) is 2.02. The zero-order valence-electron chi connectivity index (χ0n) is 7.58. The van der Waals surface area contributed by atoms with Crippen LogP contribution < -0.4 is 0 Å². The summed E-state index contributed by atoms with van der Waals surface area (Å²) in [6.45, 7) is 0. The number of ketones is 1. The summed E-state index contributed by atoms with van der Waals surface area (Å²) >= 11 is 0. The summed E-state index contributed by atoms with van der Waals surface area (Å²) in [6, 6.07) is 4.96. The van der Waals surface area contributed by atoms with Crippen LogP contribution >= 0.6 is 0 Å². The van der Waals surface area contributed by atoms with Gasteiger partial charge < -0.3 is 5.11 Å². The van der Waals surface area contributed by atoms with Gasteiger partial charge in [0.05, 0.1) is 5.56 Å². The van der Waals surface area contributed by atoms with Crippen molar-refractivity contribution in [2.24, 2.45) is 0 Å². The molecule has 0 unspecified atom stereocenters. The lowest BCUT2D eigenvalue weighted by molar-refractivity contribution is 0.0972. The number of aromatic hydroxyl groups is 1. The van der Waals surface area contributed by atoms with Gasteiger partial charge in [-0.15, -0.1) is 0 Å². The number of phenols is 1. The molecule has 3 heteroatoms. The Bertz CT molecular complexity index is 443. The first-order valence-electron chi connectivity index (χ1n) is 4.52. The molecule has 0 amide bonds. The van der Waals surface area contributed by atoms with E-state index in [0.29, 0.717) is 24.0 Å². The fraction of sp³-hybridized carbons (Fsp3) is 0.273. The summed E-state index contributed by atoms with van der Waals surface area (Å²) in [7, 11) is 0. The van der Waals surface area contributed by atoms with Crippen LogP contribution in [0.3, 0.4) is 0 Å². The quantitative estimate of drug-likeness (QED) is 0.673. The number of carbonyl (C=O) groups is 1. The number of nitrogens with zero attached hydrogens (tertiary/aromatic N) is 1. The predicted octanol–water partition coefficient (Wildman–Crippen LogP) is 1.78. The molecular weight excluding hydrogens is 178 g/mol. The van der Waals surface area contributed by atoms with Gasteiger partial charge in [0.15, 0.2) is 5.78 Å². The van der Waals surface area contributed by atoms with Gasteiger partial charge in [0, 0.05) is 12.0 Å². The minimum atomic E-state index is -0.0269. The molecule has 0 radical (unpaired) electrons. The van der Waals surface area contributed by atoms with Gasteiger partial charge in [0.1, 0.15) is 11.8 Å². The summed E-state index contributed by atoms with van der Waals surface area (Å²) in [4.78, 5) is 11.5. The van der Waals surface area contributed by atoms with Gasteiger partial charge >= 0.3 is 0 Å². The Labute approximate surface area is 81.6 Å². The van der Waals surface area contributed by atoms with E-state index in [1.54, 1.807) is 6.07 Å². The number of nitriles is 1. The highest BCUT2D eigenvalue weighted by molar-refractivity contribution is 5.99. The molecule has 0 fully saturated rings. The number of rotatable bonds is 0. The van der Waals surface area contributed by atoms with Gasteiger partial charge in [0.2, 0.25) is 0 Å². The van der Waals surface area contributed by atoms with E-state index in [-0.39, 0.29) is 17.1 Å². The lowest BCUT2D eigenvalue weighted by atomic mass is 9.87. The van der Waals surface area contributed by atoms with Crippen LogP contribution in [0.5, 0.6) is 5.75 Å². The van der Waals surface area contributed by atoms with E-state index in [1.807, 2.05) is 6.07 Å². The van der Waals surface area contributed by atoms with Crippen LogP contribution in [0.1, 0.15) is 34.3 Å². The van der Waals surface area contributed by atoms with Crippen LogP contribution in [0.2, 0.25) is 0 Å². The molecule has 0 heterocycles. The van der Waals surface area contributed by atoms with Gasteiger partial charge in [-0.1, -0.05) is 0 Å². The summed E-state index contributed by atoms with van der Waals surface area (Å²) in [5, 5.41) is 18.3. The van der Waals surface area contributed by atoms with Crippen LogP contribution in [-0.4, -0.2) is 10.9 Å². The Kier molecular flexibility index (Phi) is 1.97. The number of carbonyl (C=O) groups excluding carboxylic acids is 1. The van der Waals surface area contributed by atoms with Crippen LogP contribution in [0.15, 0.2) is 12.1 Å². The smallest absolute Gasteiger partial charge is 0.163 e. The van der Waals surface area contributed by atoms with Gasteiger partial charge in [0.25, 0.3) is 0 Å². The van der Waals surface area contributed by atoms with Crippen molar-refractivity contribution >= 4 is 5.78 Å². The van der Waals surface area contributed by atoms with Gasteiger partial charge in [-0.05, 0) is 30.5 Å². The van der Waals surface area contributed by atoms with E-state index < -0.39 is 0 Å². The molecule has 1 aromatic rings. The van der Waals surface area contributed by atoms with Crippen molar-refractivity contribution in [2.75, 3.05) is 0 Å². The molecule has 0 spiro atoms. The third kappa shape index (κ3) is 1.16. The van der Waals surface area contributed by atoms with Crippen molar-refractivity contribution in [3.63, 3.8) is 0 Å². The van der Waals surface area contributed by atoms with E-state index in [4.69, 9.17) is 5.26 Å². The maximum atomic E-state index is 11.5. The molecule has 2 rings (SSSR count). The highest BCUT2D eigenvalue weighted by Crippen LogP contribution is 2.29. The molecule has 3 nitrogen and oxygen atoms in total. The summed E-state index contributed by atoms with van der Waals surface area (Å²) in [5.74, 6) is 0.0451. The maximum absolute atomic E-state index is 11.5. The molecule has 70 valence electrons. The standard InChI is InChI=1S/C11H9NO2/c12-6-9-7-2-1-3-10(13)8(7)4-5-11(9)14/h4-5,14H,1-3H2. The molecule has 14 heavy (non-hydrogen) atoms. The molecule has 1 N–H and O–H groups in total. The zero-order chi connectivity index (χ0) is 10.1. The van der Waals surface area contributed by atoms with Gasteiger partial charge in [-0.25, -0.2) is 0 Å². The minimum Gasteiger partial charge on any atom is -0.507 e. The zero-order valence-corrected chi connectivity index (χ0v) is 7.58. The number of fused-ring (bicyclic) bond motifs is 1. The third-order valence-corrected chi connectivity index (χ3v) is 2.53. The first-order chi connectivity index (χ1) is 6.74. The van der Waals surface area contributed by atoms with Crippen LogP contribution in [0.4, 0.5) is 0 Å². The van der Waals surface area contributed by atoms with Crippen LogP contribution in [0, 0.1) is 11.3 Å². The molecule has 0 saturated carbocycles. The molecule has 0 aliphatic heterocycles. The van der Waals surface area contributed by atoms with E-state index >= 15 is 0 Å². The average Bonchev–Trinajstić information content (AvgIpc) is 2.18. The minimum absolute atomic E-state index is 0.0269. The lowest BCUT2D eigenvalue weighted by Crippen LogP contribution is -2.12. The first-order valence-corrected chi connectivity index (χ1v) is 4.52. The second kappa shape index (κ2) is 3.15. The number of hydrogen-bond donors (Lipinski definition) is 1. The molecule has 1 aliphatic rings. The summed E-state index contributed by atoms with van der Waals surface area (Å²) < 4.78 is 0. The Morgan fingerprint density at radius 1 is 1.36 bits per heavy atom. The first kappa shape index (κ1) is 8.76. The Morgan fingerprint density at radius 3 is 2.86 bits per heavy atom.